The van der Waals surface area contributed by atoms with E-state index in [1.165, 1.54) is 0 Å². The van der Waals surface area contributed by atoms with Crippen molar-refractivity contribution in [3.05, 3.63) is 50.8 Å². The highest BCUT2D eigenvalue weighted by molar-refractivity contribution is 9.10. The van der Waals surface area contributed by atoms with Crippen LogP contribution in [0, 0.1) is 0 Å². The largest absolute Gasteiger partial charge is 0.354 e. The molecule has 0 fully saturated rings. The zero-order chi connectivity index (χ0) is 13.1. The van der Waals surface area contributed by atoms with Crippen LogP contribution in [0.5, 0.6) is 0 Å². The van der Waals surface area contributed by atoms with Crippen molar-refractivity contribution in [3.8, 4) is 0 Å². The van der Waals surface area contributed by atoms with Crippen molar-refractivity contribution in [2.24, 2.45) is 0 Å². The van der Waals surface area contributed by atoms with Crippen molar-refractivity contribution in [2.75, 3.05) is 11.9 Å². The Labute approximate surface area is 124 Å². The van der Waals surface area contributed by atoms with Gasteiger partial charge < -0.3 is 4.90 Å². The van der Waals surface area contributed by atoms with E-state index in [1.54, 1.807) is 6.20 Å². The van der Waals surface area contributed by atoms with Crippen LogP contribution in [0.15, 0.2) is 34.9 Å². The Balaban J connectivity index is 2.25. The number of aromatic nitrogens is 2. The summed E-state index contributed by atoms with van der Waals surface area (Å²) in [4.78, 5) is 10.0. The van der Waals surface area contributed by atoms with Gasteiger partial charge in [-0.25, -0.2) is 4.98 Å². The Bertz CT molecular complexity index is 563. The molecule has 1 heterocycles. The zero-order valence-electron chi connectivity index (χ0n) is 9.57. The van der Waals surface area contributed by atoms with Gasteiger partial charge in [-0.1, -0.05) is 29.8 Å². The lowest BCUT2D eigenvalue weighted by molar-refractivity contribution is 0.886. The Hall–Kier alpha value is -0.840. The lowest BCUT2D eigenvalue weighted by atomic mass is 10.2. The van der Waals surface area contributed by atoms with Gasteiger partial charge in [-0.2, -0.15) is 4.98 Å². The predicted molar refractivity (Wildman–Crippen MR) is 78.3 cm³/mol. The Morgan fingerprint density at radius 3 is 2.72 bits per heavy atom. The van der Waals surface area contributed by atoms with Crippen LogP contribution in [0.3, 0.4) is 0 Å². The minimum atomic E-state index is 0.221. The van der Waals surface area contributed by atoms with Crippen molar-refractivity contribution in [3.63, 3.8) is 0 Å². The van der Waals surface area contributed by atoms with Gasteiger partial charge in [0.15, 0.2) is 0 Å². The van der Waals surface area contributed by atoms with Gasteiger partial charge in [0.2, 0.25) is 5.28 Å². The molecule has 94 valence electrons. The Morgan fingerprint density at radius 1 is 1.28 bits per heavy atom. The fourth-order valence-electron chi connectivity index (χ4n) is 1.56. The third-order valence-corrected chi connectivity index (χ3v) is 3.53. The van der Waals surface area contributed by atoms with Crippen LogP contribution in [0.4, 0.5) is 5.82 Å². The molecule has 2 rings (SSSR count). The lowest BCUT2D eigenvalue weighted by Crippen LogP contribution is -2.18. The number of hydrogen-bond acceptors (Lipinski definition) is 3. The number of halogens is 3. The summed E-state index contributed by atoms with van der Waals surface area (Å²) in [5.74, 6) is 0.731. The molecule has 0 spiro atoms. The van der Waals surface area contributed by atoms with Crippen LogP contribution < -0.4 is 4.90 Å². The SMILES string of the molecule is CN(Cc1ccccc1Cl)c1nc(Cl)ncc1Br. The number of rotatable bonds is 3. The molecule has 0 aliphatic heterocycles. The van der Waals surface area contributed by atoms with Crippen LogP contribution in [-0.4, -0.2) is 17.0 Å². The number of benzene rings is 1. The van der Waals surface area contributed by atoms with Gasteiger partial charge in [0.1, 0.15) is 5.82 Å². The first kappa shape index (κ1) is 13.6. The van der Waals surface area contributed by atoms with Crippen molar-refractivity contribution in [1.82, 2.24) is 9.97 Å². The second-order valence-corrected chi connectivity index (χ2v) is 5.36. The molecule has 0 amide bonds. The first-order valence-corrected chi connectivity index (χ1v) is 6.75. The van der Waals surface area contributed by atoms with Gasteiger partial charge in [-0.3, -0.25) is 0 Å². The third-order valence-electron chi connectivity index (χ3n) is 2.42. The highest BCUT2D eigenvalue weighted by Gasteiger charge is 2.11. The van der Waals surface area contributed by atoms with Crippen molar-refractivity contribution < 1.29 is 0 Å². The van der Waals surface area contributed by atoms with Crippen LogP contribution in [0.25, 0.3) is 0 Å². The minimum absolute atomic E-state index is 0.221. The molecule has 0 unspecified atom stereocenters. The molecule has 0 N–H and O–H groups in total. The molecule has 0 bridgehead atoms. The fourth-order valence-corrected chi connectivity index (χ4v) is 2.38. The van der Waals surface area contributed by atoms with Crippen LogP contribution in [0.2, 0.25) is 10.3 Å². The topological polar surface area (TPSA) is 29.0 Å². The average Bonchev–Trinajstić information content (AvgIpc) is 2.35. The zero-order valence-corrected chi connectivity index (χ0v) is 12.7. The van der Waals surface area contributed by atoms with E-state index in [2.05, 4.69) is 25.9 Å². The molecule has 0 aliphatic rings. The third kappa shape index (κ3) is 3.13. The number of nitrogens with zero attached hydrogens (tertiary/aromatic N) is 3. The van der Waals surface area contributed by atoms with Gasteiger partial charge in [-0.15, -0.1) is 0 Å². The minimum Gasteiger partial charge on any atom is -0.354 e. The molecule has 2 aromatic rings. The van der Waals surface area contributed by atoms with Crippen molar-refractivity contribution in [1.29, 1.82) is 0 Å². The van der Waals surface area contributed by atoms with E-state index in [-0.39, 0.29) is 5.28 Å². The summed E-state index contributed by atoms with van der Waals surface area (Å²) in [5.41, 5.74) is 1.03. The first-order chi connectivity index (χ1) is 8.58. The van der Waals surface area contributed by atoms with Gasteiger partial charge >= 0.3 is 0 Å². The number of hydrogen-bond donors (Lipinski definition) is 0. The first-order valence-electron chi connectivity index (χ1n) is 5.20. The number of anilines is 1. The van der Waals surface area contributed by atoms with E-state index in [4.69, 9.17) is 23.2 Å². The molecule has 3 nitrogen and oxygen atoms in total. The van der Waals surface area contributed by atoms with Crippen LogP contribution in [-0.2, 0) is 6.54 Å². The van der Waals surface area contributed by atoms with E-state index < -0.39 is 0 Å². The van der Waals surface area contributed by atoms with Crippen LogP contribution >= 0.6 is 39.1 Å². The summed E-state index contributed by atoms with van der Waals surface area (Å²) in [5, 5.41) is 0.958. The van der Waals surface area contributed by atoms with E-state index in [1.807, 2.05) is 36.2 Å². The maximum absolute atomic E-state index is 6.13. The monoisotopic (exact) mass is 345 g/mol. The maximum atomic E-state index is 6.13. The lowest BCUT2D eigenvalue weighted by Gasteiger charge is -2.20. The molecule has 0 saturated heterocycles. The highest BCUT2D eigenvalue weighted by atomic mass is 79.9. The van der Waals surface area contributed by atoms with E-state index in [0.29, 0.717) is 6.54 Å². The standard InChI is InChI=1S/C12H10BrCl2N3/c1-18(7-8-4-2-3-5-10(8)14)11-9(13)6-16-12(15)17-11/h2-6H,7H2,1H3. The molecule has 0 atom stereocenters. The summed E-state index contributed by atoms with van der Waals surface area (Å²) in [6.45, 7) is 0.644. The summed E-state index contributed by atoms with van der Waals surface area (Å²) in [6, 6.07) is 7.71. The molecule has 6 heteroatoms. The molecular weight excluding hydrogens is 337 g/mol. The Morgan fingerprint density at radius 2 is 2.00 bits per heavy atom. The second-order valence-electron chi connectivity index (χ2n) is 3.76. The van der Waals surface area contributed by atoms with E-state index >= 15 is 0 Å². The molecule has 18 heavy (non-hydrogen) atoms. The summed E-state index contributed by atoms with van der Waals surface area (Å²) in [6.07, 6.45) is 1.63. The molecule has 0 radical (unpaired) electrons. The van der Waals surface area contributed by atoms with E-state index in [0.717, 1.165) is 20.9 Å². The summed E-state index contributed by atoms with van der Waals surface area (Å²) >= 11 is 15.3. The van der Waals surface area contributed by atoms with Gasteiger partial charge in [-0.05, 0) is 39.2 Å². The van der Waals surface area contributed by atoms with Gasteiger partial charge in [0.05, 0.1) is 4.47 Å². The molecule has 0 aliphatic carbocycles. The second kappa shape index (κ2) is 5.87. The molecule has 1 aromatic heterocycles. The predicted octanol–water partition coefficient (Wildman–Crippen LogP) is 4.18. The Kier molecular flexibility index (Phi) is 4.43. The molecule has 1 aromatic carbocycles. The fraction of sp³-hybridized carbons (Fsp3) is 0.167. The summed E-state index contributed by atoms with van der Waals surface area (Å²) in [7, 11) is 1.92. The van der Waals surface area contributed by atoms with Crippen molar-refractivity contribution >= 4 is 44.9 Å². The quantitative estimate of drug-likeness (QED) is 0.780. The van der Waals surface area contributed by atoms with Crippen molar-refractivity contribution in [2.45, 2.75) is 6.54 Å². The highest BCUT2D eigenvalue weighted by Crippen LogP contribution is 2.26. The molecule has 0 saturated carbocycles. The smallest absolute Gasteiger partial charge is 0.224 e. The normalized spacial score (nSPS) is 10.4. The summed E-state index contributed by atoms with van der Waals surface area (Å²) < 4.78 is 0.793. The van der Waals surface area contributed by atoms with Gasteiger partial charge in [0, 0.05) is 24.8 Å². The average molecular weight is 347 g/mol. The maximum Gasteiger partial charge on any atom is 0.224 e. The van der Waals surface area contributed by atoms with Crippen LogP contribution in [0.1, 0.15) is 5.56 Å². The van der Waals surface area contributed by atoms with E-state index in [9.17, 15) is 0 Å². The molecular formula is C12H10BrCl2N3. The van der Waals surface area contributed by atoms with Gasteiger partial charge in [0.25, 0.3) is 0 Å².